The molecule has 0 aliphatic carbocycles. The maximum Gasteiger partial charge on any atom is 0.415 e. The highest BCUT2D eigenvalue weighted by atomic mass is 16.6. The molecular formula is C18H18N2O5. The van der Waals surface area contributed by atoms with E-state index in [1.165, 1.54) is 29.2 Å². The van der Waals surface area contributed by atoms with Crippen LogP contribution in [0.15, 0.2) is 54.6 Å². The summed E-state index contributed by atoms with van der Waals surface area (Å²) in [5.41, 5.74) is -0.158. The number of piperidine rings is 1. The second-order valence-electron chi connectivity index (χ2n) is 6.00. The second-order valence-corrected chi connectivity index (χ2v) is 6.00. The van der Waals surface area contributed by atoms with Gasteiger partial charge in [0.15, 0.2) is 0 Å². The number of carbonyl (C=O) groups is 1. The smallest absolute Gasteiger partial charge is 0.410 e. The summed E-state index contributed by atoms with van der Waals surface area (Å²) in [7, 11) is 0. The maximum atomic E-state index is 12.2. The third-order valence-corrected chi connectivity index (χ3v) is 4.41. The van der Waals surface area contributed by atoms with Crippen molar-refractivity contribution in [3.8, 4) is 5.75 Å². The highest BCUT2D eigenvalue weighted by Crippen LogP contribution is 2.32. The third-order valence-electron chi connectivity index (χ3n) is 4.41. The minimum Gasteiger partial charge on any atom is -0.410 e. The SMILES string of the molecule is O=C(Oc1ccc([N+](=O)[O-])cc1)N1CCC(O)(c2ccccc2)CC1. The largest absolute Gasteiger partial charge is 0.415 e. The Kier molecular flexibility index (Phi) is 4.67. The molecule has 1 aliphatic rings. The van der Waals surface area contributed by atoms with Crippen molar-refractivity contribution in [2.24, 2.45) is 0 Å². The van der Waals surface area contributed by atoms with E-state index in [0.29, 0.717) is 25.9 Å². The lowest BCUT2D eigenvalue weighted by Crippen LogP contribution is -2.46. The quantitative estimate of drug-likeness (QED) is 0.683. The molecule has 0 spiro atoms. The predicted octanol–water partition coefficient (Wildman–Crippen LogP) is 3.08. The van der Waals surface area contributed by atoms with Crippen molar-refractivity contribution in [3.05, 3.63) is 70.3 Å². The lowest BCUT2D eigenvalue weighted by molar-refractivity contribution is -0.384. The van der Waals surface area contributed by atoms with E-state index in [2.05, 4.69) is 0 Å². The van der Waals surface area contributed by atoms with E-state index in [0.717, 1.165) is 5.56 Å². The molecule has 25 heavy (non-hydrogen) atoms. The number of nitrogens with zero attached hydrogens (tertiary/aromatic N) is 2. The van der Waals surface area contributed by atoms with Gasteiger partial charge in [0.25, 0.3) is 5.69 Å². The molecule has 0 aromatic heterocycles. The Bertz CT molecular complexity index is 753. The van der Waals surface area contributed by atoms with Crippen LogP contribution in [-0.2, 0) is 5.60 Å². The average molecular weight is 342 g/mol. The van der Waals surface area contributed by atoms with Gasteiger partial charge >= 0.3 is 6.09 Å². The van der Waals surface area contributed by atoms with Gasteiger partial charge in [0.2, 0.25) is 0 Å². The van der Waals surface area contributed by atoms with E-state index in [-0.39, 0.29) is 11.4 Å². The fourth-order valence-corrected chi connectivity index (χ4v) is 2.90. The molecule has 1 saturated heterocycles. The molecule has 7 nitrogen and oxygen atoms in total. The lowest BCUT2D eigenvalue weighted by atomic mass is 9.84. The molecule has 1 N–H and O–H groups in total. The molecule has 1 fully saturated rings. The van der Waals surface area contributed by atoms with E-state index in [1.807, 2.05) is 30.3 Å². The number of nitro groups is 1. The Morgan fingerprint density at radius 2 is 1.68 bits per heavy atom. The summed E-state index contributed by atoms with van der Waals surface area (Å²) in [4.78, 5) is 23.9. The van der Waals surface area contributed by atoms with Crippen molar-refractivity contribution in [3.63, 3.8) is 0 Å². The van der Waals surface area contributed by atoms with Gasteiger partial charge in [-0.05, 0) is 30.5 Å². The number of aliphatic hydroxyl groups is 1. The maximum absolute atomic E-state index is 12.2. The Hall–Kier alpha value is -2.93. The first-order chi connectivity index (χ1) is 12.0. The number of carbonyl (C=O) groups excluding carboxylic acids is 1. The Morgan fingerprint density at radius 3 is 2.24 bits per heavy atom. The van der Waals surface area contributed by atoms with Gasteiger partial charge < -0.3 is 14.7 Å². The minimum atomic E-state index is -0.939. The van der Waals surface area contributed by atoms with Gasteiger partial charge in [-0.15, -0.1) is 0 Å². The molecule has 1 amide bonds. The third kappa shape index (κ3) is 3.77. The number of hydrogen-bond acceptors (Lipinski definition) is 5. The summed E-state index contributed by atoms with van der Waals surface area (Å²) >= 11 is 0. The molecule has 0 saturated carbocycles. The molecule has 7 heteroatoms. The standard InChI is InChI=1S/C18H18N2O5/c21-17(25-16-8-6-15(7-9-16)20(23)24)19-12-10-18(22,11-13-19)14-4-2-1-3-5-14/h1-9,22H,10-13H2. The number of hydrogen-bond donors (Lipinski definition) is 1. The van der Waals surface area contributed by atoms with Crippen LogP contribution < -0.4 is 4.74 Å². The Labute approximate surface area is 144 Å². The van der Waals surface area contributed by atoms with Crippen LogP contribution in [0, 0.1) is 10.1 Å². The molecule has 0 radical (unpaired) electrons. The Balaban J connectivity index is 1.59. The average Bonchev–Trinajstić information content (AvgIpc) is 2.63. The van der Waals surface area contributed by atoms with E-state index in [1.54, 1.807) is 0 Å². The summed E-state index contributed by atoms with van der Waals surface area (Å²) in [5.74, 6) is 0.250. The van der Waals surface area contributed by atoms with Gasteiger partial charge in [0.1, 0.15) is 5.75 Å². The van der Waals surface area contributed by atoms with Gasteiger partial charge in [0, 0.05) is 25.2 Å². The van der Waals surface area contributed by atoms with Gasteiger partial charge in [-0.2, -0.15) is 0 Å². The summed E-state index contributed by atoms with van der Waals surface area (Å²) in [6.45, 7) is 0.744. The van der Waals surface area contributed by atoms with E-state index in [9.17, 15) is 20.0 Å². The van der Waals surface area contributed by atoms with Gasteiger partial charge in [-0.25, -0.2) is 4.79 Å². The highest BCUT2D eigenvalue weighted by Gasteiger charge is 2.35. The summed E-state index contributed by atoms with van der Waals surface area (Å²) in [6, 6.07) is 14.8. The van der Waals surface area contributed by atoms with Crippen LogP contribution in [0.2, 0.25) is 0 Å². The predicted molar refractivity (Wildman–Crippen MR) is 90.3 cm³/mol. The summed E-state index contributed by atoms with van der Waals surface area (Å²) < 4.78 is 5.25. The Morgan fingerprint density at radius 1 is 1.08 bits per heavy atom. The number of likely N-dealkylation sites (tertiary alicyclic amines) is 1. The zero-order valence-corrected chi connectivity index (χ0v) is 13.5. The van der Waals surface area contributed by atoms with Crippen LogP contribution in [0.25, 0.3) is 0 Å². The second kappa shape index (κ2) is 6.90. The number of nitro benzene ring substituents is 1. The van der Waals surface area contributed by atoms with Gasteiger partial charge in [-0.1, -0.05) is 30.3 Å². The van der Waals surface area contributed by atoms with Crippen LogP contribution in [0.1, 0.15) is 18.4 Å². The fourth-order valence-electron chi connectivity index (χ4n) is 2.90. The summed E-state index contributed by atoms with van der Waals surface area (Å²) in [5, 5.41) is 21.4. The molecule has 130 valence electrons. The van der Waals surface area contributed by atoms with Crippen molar-refractivity contribution >= 4 is 11.8 Å². The first kappa shape index (κ1) is 16.9. The molecular weight excluding hydrogens is 324 g/mol. The van der Waals surface area contributed by atoms with Gasteiger partial charge in [0.05, 0.1) is 10.5 Å². The monoisotopic (exact) mass is 342 g/mol. The molecule has 3 rings (SSSR count). The number of rotatable bonds is 3. The van der Waals surface area contributed by atoms with Crippen LogP contribution in [-0.4, -0.2) is 34.1 Å². The van der Waals surface area contributed by atoms with Crippen LogP contribution >= 0.6 is 0 Å². The van der Waals surface area contributed by atoms with E-state index < -0.39 is 16.6 Å². The first-order valence-corrected chi connectivity index (χ1v) is 7.97. The molecule has 1 heterocycles. The molecule has 0 unspecified atom stereocenters. The van der Waals surface area contributed by atoms with Crippen molar-refractivity contribution < 1.29 is 19.6 Å². The molecule has 1 aliphatic heterocycles. The minimum absolute atomic E-state index is 0.0642. The number of amides is 1. The molecule has 2 aromatic carbocycles. The van der Waals surface area contributed by atoms with Crippen LogP contribution in [0.5, 0.6) is 5.75 Å². The van der Waals surface area contributed by atoms with Crippen molar-refractivity contribution in [2.45, 2.75) is 18.4 Å². The highest BCUT2D eigenvalue weighted by molar-refractivity contribution is 5.71. The van der Waals surface area contributed by atoms with E-state index in [4.69, 9.17) is 4.74 Å². The molecule has 2 aromatic rings. The fraction of sp³-hybridized carbons (Fsp3) is 0.278. The normalized spacial score (nSPS) is 16.3. The number of ether oxygens (including phenoxy) is 1. The van der Waals surface area contributed by atoms with Crippen molar-refractivity contribution in [2.75, 3.05) is 13.1 Å². The van der Waals surface area contributed by atoms with Gasteiger partial charge in [-0.3, -0.25) is 10.1 Å². The van der Waals surface area contributed by atoms with Crippen LogP contribution in [0.4, 0.5) is 10.5 Å². The van der Waals surface area contributed by atoms with Crippen LogP contribution in [0.3, 0.4) is 0 Å². The topological polar surface area (TPSA) is 92.9 Å². The first-order valence-electron chi connectivity index (χ1n) is 7.97. The number of non-ortho nitro benzene ring substituents is 1. The molecule has 0 bridgehead atoms. The lowest BCUT2D eigenvalue weighted by Gasteiger charge is -2.37. The number of benzene rings is 2. The zero-order chi connectivity index (χ0) is 17.9. The van der Waals surface area contributed by atoms with E-state index >= 15 is 0 Å². The summed E-state index contributed by atoms with van der Waals surface area (Å²) in [6.07, 6.45) is 0.322. The molecule has 0 atom stereocenters. The van der Waals surface area contributed by atoms with Crippen molar-refractivity contribution in [1.82, 2.24) is 4.90 Å². The van der Waals surface area contributed by atoms with Crippen molar-refractivity contribution in [1.29, 1.82) is 0 Å². The zero-order valence-electron chi connectivity index (χ0n) is 13.5.